The third kappa shape index (κ3) is 6.50. The zero-order chi connectivity index (χ0) is 21.6. The highest BCUT2D eigenvalue weighted by Crippen LogP contribution is 2.21. The van der Waals surface area contributed by atoms with E-state index in [-0.39, 0.29) is 24.5 Å². The fourth-order valence-corrected chi connectivity index (χ4v) is 3.00. The molecular formula is C23H29ClN2O3. The highest BCUT2D eigenvalue weighted by molar-refractivity contribution is 6.30. The third-order valence-electron chi connectivity index (χ3n) is 4.77. The van der Waals surface area contributed by atoms with Gasteiger partial charge in [0.2, 0.25) is 5.91 Å². The molecule has 0 aliphatic rings. The van der Waals surface area contributed by atoms with Crippen LogP contribution in [-0.2, 0) is 16.1 Å². The Labute approximate surface area is 178 Å². The van der Waals surface area contributed by atoms with Gasteiger partial charge in [0.25, 0.3) is 5.91 Å². The van der Waals surface area contributed by atoms with E-state index in [0.29, 0.717) is 17.3 Å². The second-order valence-electron chi connectivity index (χ2n) is 7.47. The van der Waals surface area contributed by atoms with Crippen LogP contribution in [-0.4, -0.2) is 35.4 Å². The van der Waals surface area contributed by atoms with Gasteiger partial charge in [0.15, 0.2) is 6.61 Å². The van der Waals surface area contributed by atoms with Crippen LogP contribution < -0.4 is 10.1 Å². The van der Waals surface area contributed by atoms with Crippen molar-refractivity contribution in [1.82, 2.24) is 10.2 Å². The number of hydrogen-bond donors (Lipinski definition) is 1. The zero-order valence-corrected chi connectivity index (χ0v) is 18.4. The lowest BCUT2D eigenvalue weighted by Crippen LogP contribution is -2.50. The number of nitrogens with one attached hydrogen (secondary N) is 1. The van der Waals surface area contributed by atoms with E-state index in [1.54, 1.807) is 19.1 Å². The molecule has 0 saturated heterocycles. The molecule has 1 N–H and O–H groups in total. The Kier molecular flexibility index (Phi) is 8.09. The fourth-order valence-electron chi connectivity index (χ4n) is 2.88. The molecule has 0 bridgehead atoms. The first-order chi connectivity index (χ1) is 13.7. The summed E-state index contributed by atoms with van der Waals surface area (Å²) in [4.78, 5) is 27.1. The highest BCUT2D eigenvalue weighted by Gasteiger charge is 2.27. The summed E-state index contributed by atoms with van der Waals surface area (Å²) in [5.74, 6) is 0.213. The smallest absolute Gasteiger partial charge is 0.261 e. The second-order valence-corrected chi connectivity index (χ2v) is 7.91. The zero-order valence-electron chi connectivity index (χ0n) is 17.7. The van der Waals surface area contributed by atoms with Crippen molar-refractivity contribution in [1.29, 1.82) is 0 Å². The van der Waals surface area contributed by atoms with Crippen molar-refractivity contribution in [3.63, 3.8) is 0 Å². The number of halogens is 1. The Morgan fingerprint density at radius 1 is 1.07 bits per heavy atom. The maximum absolute atomic E-state index is 13.0. The van der Waals surface area contributed by atoms with Crippen LogP contribution in [0.5, 0.6) is 5.75 Å². The van der Waals surface area contributed by atoms with Gasteiger partial charge in [0.05, 0.1) is 0 Å². The Bertz CT molecular complexity index is 850. The van der Waals surface area contributed by atoms with E-state index in [1.807, 2.05) is 58.0 Å². The molecule has 2 rings (SSSR count). The molecule has 0 aliphatic carbocycles. The van der Waals surface area contributed by atoms with Crippen LogP contribution in [0.15, 0.2) is 42.5 Å². The SMILES string of the molecule is Cc1cccc(OCC(=O)N(Cc2ccc(Cl)cc2)[C@H](C)C(=O)NC(C)C)c1C. The second kappa shape index (κ2) is 10.3. The Balaban J connectivity index is 2.17. The first kappa shape index (κ1) is 22.8. The monoisotopic (exact) mass is 416 g/mol. The maximum Gasteiger partial charge on any atom is 0.261 e. The van der Waals surface area contributed by atoms with E-state index < -0.39 is 6.04 Å². The van der Waals surface area contributed by atoms with Gasteiger partial charge in [0, 0.05) is 17.6 Å². The van der Waals surface area contributed by atoms with E-state index in [2.05, 4.69) is 5.32 Å². The van der Waals surface area contributed by atoms with Crippen molar-refractivity contribution in [2.24, 2.45) is 0 Å². The molecule has 29 heavy (non-hydrogen) atoms. The lowest BCUT2D eigenvalue weighted by molar-refractivity contribution is -0.142. The molecule has 2 aromatic rings. The Morgan fingerprint density at radius 3 is 2.34 bits per heavy atom. The molecule has 2 amide bonds. The van der Waals surface area contributed by atoms with Gasteiger partial charge in [-0.15, -0.1) is 0 Å². The van der Waals surface area contributed by atoms with Gasteiger partial charge in [-0.1, -0.05) is 35.9 Å². The van der Waals surface area contributed by atoms with Crippen molar-refractivity contribution < 1.29 is 14.3 Å². The molecule has 0 fully saturated rings. The lowest BCUT2D eigenvalue weighted by Gasteiger charge is -2.29. The van der Waals surface area contributed by atoms with E-state index in [4.69, 9.17) is 16.3 Å². The topological polar surface area (TPSA) is 58.6 Å². The quantitative estimate of drug-likeness (QED) is 0.698. The van der Waals surface area contributed by atoms with Crippen LogP contribution in [0, 0.1) is 13.8 Å². The fraction of sp³-hybridized carbons (Fsp3) is 0.391. The van der Waals surface area contributed by atoms with Gasteiger partial charge in [0.1, 0.15) is 11.8 Å². The maximum atomic E-state index is 13.0. The van der Waals surface area contributed by atoms with E-state index in [9.17, 15) is 9.59 Å². The minimum absolute atomic E-state index is 0.0105. The third-order valence-corrected chi connectivity index (χ3v) is 5.02. The van der Waals surface area contributed by atoms with Gasteiger partial charge in [-0.3, -0.25) is 9.59 Å². The molecular weight excluding hydrogens is 388 g/mol. The average molecular weight is 417 g/mol. The summed E-state index contributed by atoms with van der Waals surface area (Å²) >= 11 is 5.96. The summed E-state index contributed by atoms with van der Waals surface area (Å²) in [5.41, 5.74) is 2.98. The minimum atomic E-state index is -0.636. The summed E-state index contributed by atoms with van der Waals surface area (Å²) < 4.78 is 5.78. The van der Waals surface area contributed by atoms with Crippen molar-refractivity contribution in [3.8, 4) is 5.75 Å². The molecule has 2 aromatic carbocycles. The standard InChI is InChI=1S/C23H29ClN2O3/c1-15(2)25-23(28)18(5)26(13-19-9-11-20(24)12-10-19)22(27)14-29-21-8-6-7-16(3)17(21)4/h6-12,15,18H,13-14H2,1-5H3,(H,25,28)/t18-/m1/s1. The number of carbonyl (C=O) groups is 2. The molecule has 0 spiro atoms. The molecule has 1 atom stereocenters. The number of ether oxygens (including phenoxy) is 1. The molecule has 5 nitrogen and oxygen atoms in total. The van der Waals surface area contributed by atoms with Crippen molar-refractivity contribution in [2.75, 3.05) is 6.61 Å². The largest absolute Gasteiger partial charge is 0.483 e. The molecule has 6 heteroatoms. The lowest BCUT2D eigenvalue weighted by atomic mass is 10.1. The van der Waals surface area contributed by atoms with Gasteiger partial charge in [-0.25, -0.2) is 0 Å². The Morgan fingerprint density at radius 2 is 1.72 bits per heavy atom. The summed E-state index contributed by atoms with van der Waals surface area (Å²) in [6, 6.07) is 12.3. The molecule has 0 heterocycles. The minimum Gasteiger partial charge on any atom is -0.483 e. The molecule has 0 aliphatic heterocycles. The van der Waals surface area contributed by atoms with Crippen molar-refractivity contribution >= 4 is 23.4 Å². The number of carbonyl (C=O) groups excluding carboxylic acids is 2. The van der Waals surface area contributed by atoms with E-state index in [1.165, 1.54) is 4.90 Å². The molecule has 0 radical (unpaired) electrons. The molecule has 0 unspecified atom stereocenters. The van der Waals surface area contributed by atoms with Crippen LogP contribution in [0.4, 0.5) is 0 Å². The number of nitrogens with zero attached hydrogens (tertiary/aromatic N) is 1. The van der Waals surface area contributed by atoms with Crippen LogP contribution in [0.1, 0.15) is 37.5 Å². The predicted molar refractivity (Wildman–Crippen MR) is 116 cm³/mol. The van der Waals surface area contributed by atoms with Crippen molar-refractivity contribution in [2.45, 2.75) is 53.2 Å². The molecule has 0 saturated carbocycles. The average Bonchev–Trinajstić information content (AvgIpc) is 2.67. The van der Waals surface area contributed by atoms with E-state index >= 15 is 0 Å². The summed E-state index contributed by atoms with van der Waals surface area (Å²) in [6.07, 6.45) is 0. The van der Waals surface area contributed by atoms with Crippen molar-refractivity contribution in [3.05, 3.63) is 64.2 Å². The van der Waals surface area contributed by atoms with Gasteiger partial charge in [-0.2, -0.15) is 0 Å². The number of amides is 2. The van der Waals surface area contributed by atoms with Crippen LogP contribution in [0.25, 0.3) is 0 Å². The molecule has 0 aromatic heterocycles. The summed E-state index contributed by atoms with van der Waals surface area (Å²) in [7, 11) is 0. The first-order valence-corrected chi connectivity index (χ1v) is 10.1. The number of benzene rings is 2. The van der Waals surface area contributed by atoms with Crippen LogP contribution in [0.2, 0.25) is 5.02 Å². The predicted octanol–water partition coefficient (Wildman–Crippen LogP) is 4.28. The number of hydrogen-bond acceptors (Lipinski definition) is 3. The van der Waals surface area contributed by atoms with E-state index in [0.717, 1.165) is 16.7 Å². The normalized spacial score (nSPS) is 11.8. The number of rotatable bonds is 8. The van der Waals surface area contributed by atoms with Gasteiger partial charge in [-0.05, 0) is 69.5 Å². The highest BCUT2D eigenvalue weighted by atomic mass is 35.5. The first-order valence-electron chi connectivity index (χ1n) is 9.72. The van der Waals surface area contributed by atoms with Crippen LogP contribution in [0.3, 0.4) is 0 Å². The molecule has 156 valence electrons. The van der Waals surface area contributed by atoms with Gasteiger partial charge >= 0.3 is 0 Å². The van der Waals surface area contributed by atoms with Crippen LogP contribution >= 0.6 is 11.6 Å². The summed E-state index contributed by atoms with van der Waals surface area (Å²) in [6.45, 7) is 9.60. The van der Waals surface area contributed by atoms with Gasteiger partial charge < -0.3 is 15.0 Å². The summed E-state index contributed by atoms with van der Waals surface area (Å²) in [5, 5.41) is 3.49. The number of aryl methyl sites for hydroxylation is 1. The Hall–Kier alpha value is -2.53.